The number of ether oxygens (including phenoxy) is 1. The van der Waals surface area contributed by atoms with Crippen LogP contribution in [0.15, 0.2) is 42.5 Å². The van der Waals surface area contributed by atoms with E-state index >= 15 is 0 Å². The quantitative estimate of drug-likeness (QED) is 0.660. The molecule has 1 N–H and O–H groups in total. The molecule has 0 unspecified atom stereocenters. The first-order valence-corrected chi connectivity index (χ1v) is 11.0. The molecular weight excluding hydrogens is 413 g/mol. The van der Waals surface area contributed by atoms with Crippen LogP contribution in [0.3, 0.4) is 0 Å². The zero-order valence-corrected chi connectivity index (χ0v) is 17.6. The minimum absolute atomic E-state index is 0.125. The van der Waals surface area contributed by atoms with Gasteiger partial charge in [0.1, 0.15) is 5.75 Å². The summed E-state index contributed by atoms with van der Waals surface area (Å²) < 4.78 is 40.5. The Hall–Kier alpha value is -2.19. The van der Waals surface area contributed by atoms with Crippen molar-refractivity contribution in [3.63, 3.8) is 0 Å². The van der Waals surface area contributed by atoms with Gasteiger partial charge in [-0.2, -0.15) is 11.8 Å². The number of alkyl halides is 3. The lowest BCUT2D eigenvalue weighted by atomic mass is 10.1. The van der Waals surface area contributed by atoms with Crippen molar-refractivity contribution >= 4 is 23.4 Å². The maximum Gasteiger partial charge on any atom is 0.573 e. The van der Waals surface area contributed by atoms with E-state index in [2.05, 4.69) is 21.0 Å². The number of anilines is 1. The summed E-state index contributed by atoms with van der Waals surface area (Å²) in [4.78, 5) is 14.8. The third kappa shape index (κ3) is 6.95. The number of rotatable bonds is 7. The van der Waals surface area contributed by atoms with Crippen LogP contribution in [-0.4, -0.2) is 41.8 Å². The third-order valence-corrected chi connectivity index (χ3v) is 5.96. The molecule has 1 amide bonds. The highest BCUT2D eigenvalue weighted by Crippen LogP contribution is 2.24. The molecule has 1 fully saturated rings. The molecule has 3 rings (SSSR count). The minimum Gasteiger partial charge on any atom is -0.406 e. The van der Waals surface area contributed by atoms with Crippen molar-refractivity contribution in [3.8, 4) is 5.75 Å². The largest absolute Gasteiger partial charge is 0.573 e. The zero-order chi connectivity index (χ0) is 21.6. The van der Waals surface area contributed by atoms with Crippen molar-refractivity contribution in [3.05, 3.63) is 59.2 Å². The average molecular weight is 439 g/mol. The number of nitrogens with zero attached hydrogens (tertiary/aromatic N) is 1. The molecule has 0 saturated carbocycles. The summed E-state index contributed by atoms with van der Waals surface area (Å²) in [5, 5.41) is 2.97. The molecule has 2 aromatic rings. The van der Waals surface area contributed by atoms with E-state index in [1.165, 1.54) is 29.8 Å². The number of benzene rings is 2. The molecule has 0 radical (unpaired) electrons. The standard InChI is InChI=1S/C22H25F3N2O2S/c1-16-18(15-27-11-13-30-14-12-27)3-2-4-20(16)26-21(28)10-7-17-5-8-19(9-6-17)29-22(23,24)25/h2-6,8-9H,7,10-15H2,1H3,(H,26,28). The fraction of sp³-hybridized carbons (Fsp3) is 0.409. The normalized spacial score (nSPS) is 15.1. The maximum absolute atomic E-state index is 12.4. The van der Waals surface area contributed by atoms with Gasteiger partial charge in [0, 0.05) is 43.2 Å². The van der Waals surface area contributed by atoms with Crippen molar-refractivity contribution < 1.29 is 22.7 Å². The Kier molecular flexibility index (Phi) is 7.66. The van der Waals surface area contributed by atoms with Crippen molar-refractivity contribution in [2.75, 3.05) is 29.9 Å². The van der Waals surface area contributed by atoms with E-state index < -0.39 is 6.36 Å². The van der Waals surface area contributed by atoms with Crippen molar-refractivity contribution in [2.45, 2.75) is 32.7 Å². The summed E-state index contributed by atoms with van der Waals surface area (Å²) in [6.45, 7) is 5.05. The average Bonchev–Trinajstić information content (AvgIpc) is 2.70. The lowest BCUT2D eigenvalue weighted by Crippen LogP contribution is -2.32. The smallest absolute Gasteiger partial charge is 0.406 e. The number of nitrogens with one attached hydrogen (secondary N) is 1. The van der Waals surface area contributed by atoms with Crippen LogP contribution in [-0.2, 0) is 17.8 Å². The van der Waals surface area contributed by atoms with Gasteiger partial charge in [0.2, 0.25) is 5.91 Å². The topological polar surface area (TPSA) is 41.6 Å². The Labute approximate surface area is 178 Å². The number of thioether (sulfide) groups is 1. The number of amides is 1. The molecule has 0 spiro atoms. The fourth-order valence-corrected chi connectivity index (χ4v) is 4.30. The number of carbonyl (C=O) groups is 1. The number of aryl methyl sites for hydroxylation is 1. The molecule has 0 aliphatic carbocycles. The Morgan fingerprint density at radius 2 is 1.83 bits per heavy atom. The van der Waals surface area contributed by atoms with E-state index in [1.54, 1.807) is 0 Å². The predicted molar refractivity (Wildman–Crippen MR) is 114 cm³/mol. The highest BCUT2D eigenvalue weighted by Gasteiger charge is 2.30. The van der Waals surface area contributed by atoms with Gasteiger partial charge in [0.15, 0.2) is 0 Å². The van der Waals surface area contributed by atoms with Gasteiger partial charge in [-0.05, 0) is 48.2 Å². The number of hydrogen-bond acceptors (Lipinski definition) is 4. The Morgan fingerprint density at radius 1 is 1.13 bits per heavy atom. The summed E-state index contributed by atoms with van der Waals surface area (Å²) in [7, 11) is 0. The van der Waals surface area contributed by atoms with Crippen LogP contribution < -0.4 is 10.1 Å². The molecule has 8 heteroatoms. The molecule has 1 saturated heterocycles. The fourth-order valence-electron chi connectivity index (χ4n) is 3.32. The van der Waals surface area contributed by atoms with Crippen LogP contribution in [0, 0.1) is 6.92 Å². The van der Waals surface area contributed by atoms with Crippen molar-refractivity contribution in [1.82, 2.24) is 4.90 Å². The first kappa shape index (κ1) is 22.5. The lowest BCUT2D eigenvalue weighted by Gasteiger charge is -2.27. The van der Waals surface area contributed by atoms with Crippen LogP contribution in [0.2, 0.25) is 0 Å². The van der Waals surface area contributed by atoms with Crippen LogP contribution in [0.4, 0.5) is 18.9 Å². The molecule has 0 aromatic heterocycles. The molecular formula is C22H25F3N2O2S. The number of halogens is 3. The van der Waals surface area contributed by atoms with Gasteiger partial charge in [-0.3, -0.25) is 9.69 Å². The molecule has 2 aromatic carbocycles. The molecule has 30 heavy (non-hydrogen) atoms. The monoisotopic (exact) mass is 438 g/mol. The first-order chi connectivity index (χ1) is 14.3. The van der Waals surface area contributed by atoms with E-state index in [1.807, 2.05) is 30.8 Å². The lowest BCUT2D eigenvalue weighted by molar-refractivity contribution is -0.274. The Bertz CT molecular complexity index is 850. The van der Waals surface area contributed by atoms with Crippen molar-refractivity contribution in [1.29, 1.82) is 0 Å². The van der Waals surface area contributed by atoms with Gasteiger partial charge < -0.3 is 10.1 Å². The third-order valence-electron chi connectivity index (χ3n) is 5.02. The zero-order valence-electron chi connectivity index (χ0n) is 16.8. The van der Waals surface area contributed by atoms with E-state index in [0.717, 1.165) is 48.0 Å². The van der Waals surface area contributed by atoms with E-state index in [-0.39, 0.29) is 18.1 Å². The van der Waals surface area contributed by atoms with Crippen molar-refractivity contribution in [2.24, 2.45) is 0 Å². The summed E-state index contributed by atoms with van der Waals surface area (Å²) in [6, 6.07) is 11.5. The number of carbonyl (C=O) groups excluding carboxylic acids is 1. The van der Waals surface area contributed by atoms with Gasteiger partial charge in [0.05, 0.1) is 0 Å². The first-order valence-electron chi connectivity index (χ1n) is 9.83. The van der Waals surface area contributed by atoms with Crippen LogP contribution in [0.1, 0.15) is 23.1 Å². The Balaban J connectivity index is 1.52. The predicted octanol–water partition coefficient (Wildman–Crippen LogP) is 5.01. The highest BCUT2D eigenvalue weighted by molar-refractivity contribution is 7.99. The SMILES string of the molecule is Cc1c(CN2CCSCC2)cccc1NC(=O)CCc1ccc(OC(F)(F)F)cc1. The summed E-state index contributed by atoms with van der Waals surface area (Å²) >= 11 is 1.98. The Morgan fingerprint density at radius 3 is 2.50 bits per heavy atom. The van der Waals surface area contributed by atoms with Gasteiger partial charge >= 0.3 is 6.36 Å². The molecule has 1 heterocycles. The molecule has 162 valence electrons. The molecule has 0 bridgehead atoms. The van der Waals surface area contributed by atoms with E-state index in [9.17, 15) is 18.0 Å². The van der Waals surface area contributed by atoms with Crippen LogP contribution in [0.25, 0.3) is 0 Å². The van der Waals surface area contributed by atoms with Gasteiger partial charge in [-0.25, -0.2) is 0 Å². The summed E-state index contributed by atoms with van der Waals surface area (Å²) in [6.07, 6.45) is -4.03. The van der Waals surface area contributed by atoms with Crippen LogP contribution >= 0.6 is 11.8 Å². The summed E-state index contributed by atoms with van der Waals surface area (Å²) in [5.74, 6) is 1.91. The second-order valence-corrected chi connectivity index (χ2v) is 8.44. The van der Waals surface area contributed by atoms with E-state index in [0.29, 0.717) is 6.42 Å². The van der Waals surface area contributed by atoms with Crippen LogP contribution in [0.5, 0.6) is 5.75 Å². The molecule has 1 aliphatic heterocycles. The van der Waals surface area contributed by atoms with E-state index in [4.69, 9.17) is 0 Å². The molecule has 4 nitrogen and oxygen atoms in total. The highest BCUT2D eigenvalue weighted by atomic mass is 32.2. The second kappa shape index (κ2) is 10.2. The molecule has 0 atom stereocenters. The van der Waals surface area contributed by atoms with Gasteiger partial charge in [0.25, 0.3) is 0 Å². The minimum atomic E-state index is -4.71. The second-order valence-electron chi connectivity index (χ2n) is 7.22. The maximum atomic E-state index is 12.4. The summed E-state index contributed by atoms with van der Waals surface area (Å²) in [5.41, 5.74) is 3.85. The number of hydrogen-bond donors (Lipinski definition) is 1. The molecule has 1 aliphatic rings. The van der Waals surface area contributed by atoms with Gasteiger partial charge in [-0.1, -0.05) is 24.3 Å². The van der Waals surface area contributed by atoms with Gasteiger partial charge in [-0.15, -0.1) is 13.2 Å².